The first kappa shape index (κ1) is 6.30. The van der Waals surface area contributed by atoms with Crippen molar-refractivity contribution in [2.75, 3.05) is 0 Å². The van der Waals surface area contributed by atoms with Gasteiger partial charge in [-0.2, -0.15) is 0 Å². The first-order valence-corrected chi connectivity index (χ1v) is 3.03. The molecule has 0 bridgehead atoms. The highest BCUT2D eigenvalue weighted by molar-refractivity contribution is 5.17. The van der Waals surface area contributed by atoms with Crippen LogP contribution in [0.1, 0.15) is 18.5 Å². The fourth-order valence-corrected chi connectivity index (χ4v) is 0.732. The lowest BCUT2D eigenvalue weighted by atomic mass is 10.1. The molecule has 0 fully saturated rings. The Bertz CT molecular complexity index is 167. The molecule has 1 nitrogen and oxygen atoms in total. The van der Waals surface area contributed by atoms with Gasteiger partial charge in [0.05, 0.1) is 6.04 Å². The first-order chi connectivity index (χ1) is 4.30. The van der Waals surface area contributed by atoms with Crippen LogP contribution < -0.4 is 5.73 Å². The Morgan fingerprint density at radius 3 is 2.11 bits per heavy atom. The average molecular weight is 119 g/mol. The van der Waals surface area contributed by atoms with E-state index in [0.717, 1.165) is 5.56 Å². The fraction of sp³-hybridized carbons (Fsp3) is 0.250. The van der Waals surface area contributed by atoms with Gasteiger partial charge in [0.1, 0.15) is 0 Å². The summed E-state index contributed by atoms with van der Waals surface area (Å²) in [4.78, 5) is 0. The van der Waals surface area contributed by atoms with Gasteiger partial charge in [-0.05, 0) is 12.5 Å². The molecule has 1 aromatic rings. The monoisotopic (exact) mass is 119 g/mol. The quantitative estimate of drug-likeness (QED) is 0.538. The van der Waals surface area contributed by atoms with Gasteiger partial charge in [-0.1, -0.05) is 30.3 Å². The molecule has 2 radical (unpaired) electrons. The normalized spacial score (nSPS) is 13.1. The Labute approximate surface area is 55.5 Å². The second-order valence-corrected chi connectivity index (χ2v) is 2.09. The topological polar surface area (TPSA) is 22.3 Å². The van der Waals surface area contributed by atoms with Crippen LogP contribution in [-0.2, 0) is 0 Å². The van der Waals surface area contributed by atoms with Crippen LogP contribution in [0.3, 0.4) is 0 Å². The van der Waals surface area contributed by atoms with Gasteiger partial charge in [-0.3, -0.25) is 0 Å². The summed E-state index contributed by atoms with van der Waals surface area (Å²) in [6.07, 6.45) is 0. The maximum absolute atomic E-state index is 9.02. The highest BCUT2D eigenvalue weighted by Crippen LogP contribution is 2.08. The van der Waals surface area contributed by atoms with E-state index in [1.54, 1.807) is 6.92 Å². The zero-order valence-electron chi connectivity index (χ0n) is 5.41. The lowest BCUT2D eigenvalue weighted by Crippen LogP contribution is -1.90. The van der Waals surface area contributed by atoms with Crippen LogP contribution in [0.4, 0.5) is 0 Å². The predicted octanol–water partition coefficient (Wildman–Crippen LogP) is 1.82. The molecular weight excluding hydrogens is 110 g/mol. The third kappa shape index (κ3) is 1.54. The Morgan fingerprint density at radius 2 is 1.78 bits per heavy atom. The molecule has 0 saturated heterocycles. The zero-order valence-corrected chi connectivity index (χ0v) is 5.41. The Morgan fingerprint density at radius 1 is 1.22 bits per heavy atom. The third-order valence-corrected chi connectivity index (χ3v) is 1.28. The summed E-state index contributed by atoms with van der Waals surface area (Å²) in [5, 5.41) is 0. The largest absolute Gasteiger partial charge is 0.136 e. The minimum Gasteiger partial charge on any atom is -0.136 e. The van der Waals surface area contributed by atoms with E-state index in [4.69, 9.17) is 5.73 Å². The second-order valence-electron chi connectivity index (χ2n) is 2.09. The van der Waals surface area contributed by atoms with Crippen molar-refractivity contribution in [1.82, 2.24) is 5.73 Å². The van der Waals surface area contributed by atoms with Gasteiger partial charge in [0.15, 0.2) is 0 Å². The van der Waals surface area contributed by atoms with Crippen LogP contribution in [0.15, 0.2) is 30.3 Å². The number of hydrogen-bond acceptors (Lipinski definition) is 0. The summed E-state index contributed by atoms with van der Waals surface area (Å²) in [7, 11) is 0. The molecule has 9 heavy (non-hydrogen) atoms. The summed E-state index contributed by atoms with van der Waals surface area (Å²) in [6, 6.07) is 9.25. The molecule has 0 aliphatic heterocycles. The lowest BCUT2D eigenvalue weighted by molar-refractivity contribution is 0.788. The van der Waals surface area contributed by atoms with E-state index in [9.17, 15) is 0 Å². The standard InChI is InChI=1S/C8H9N/c1-7(9)8-5-3-2-4-6-8/h2-7H,1H3/t7-/m1/s1. The van der Waals surface area contributed by atoms with Crippen molar-refractivity contribution in [3.63, 3.8) is 0 Å². The minimum atomic E-state index is -0.341. The van der Waals surface area contributed by atoms with Crippen molar-refractivity contribution in [2.45, 2.75) is 13.0 Å². The summed E-state index contributed by atoms with van der Waals surface area (Å²) < 4.78 is 0. The van der Waals surface area contributed by atoms with Crippen molar-refractivity contribution >= 4 is 0 Å². The van der Waals surface area contributed by atoms with E-state index >= 15 is 0 Å². The van der Waals surface area contributed by atoms with Crippen molar-refractivity contribution in [3.05, 3.63) is 35.9 Å². The molecule has 1 aromatic carbocycles. The molecule has 1 heteroatoms. The maximum Gasteiger partial charge on any atom is 0.0654 e. The molecule has 0 saturated carbocycles. The van der Waals surface area contributed by atoms with Gasteiger partial charge >= 0.3 is 0 Å². The Hall–Kier alpha value is -0.820. The molecule has 0 N–H and O–H groups in total. The van der Waals surface area contributed by atoms with Gasteiger partial charge < -0.3 is 0 Å². The van der Waals surface area contributed by atoms with Gasteiger partial charge in [0.25, 0.3) is 0 Å². The Kier molecular flexibility index (Phi) is 1.85. The molecule has 1 rings (SSSR count). The molecule has 0 heterocycles. The van der Waals surface area contributed by atoms with Crippen molar-refractivity contribution in [1.29, 1.82) is 0 Å². The van der Waals surface area contributed by atoms with Crippen LogP contribution in [0.25, 0.3) is 0 Å². The molecule has 0 aliphatic carbocycles. The van der Waals surface area contributed by atoms with Crippen LogP contribution in [0.5, 0.6) is 0 Å². The van der Waals surface area contributed by atoms with Gasteiger partial charge in [-0.25, -0.2) is 0 Å². The molecule has 0 aromatic heterocycles. The maximum atomic E-state index is 9.02. The smallest absolute Gasteiger partial charge is 0.0654 e. The second kappa shape index (κ2) is 2.65. The SMILES string of the molecule is C[C@@H]([N])c1ccccc1. The third-order valence-electron chi connectivity index (χ3n) is 1.28. The minimum absolute atomic E-state index is 0.341. The summed E-state index contributed by atoms with van der Waals surface area (Å²) in [6.45, 7) is 1.76. The Balaban J connectivity index is 2.85. The van der Waals surface area contributed by atoms with E-state index in [2.05, 4.69) is 0 Å². The summed E-state index contributed by atoms with van der Waals surface area (Å²) in [5.74, 6) is 0. The lowest BCUT2D eigenvalue weighted by Gasteiger charge is -1.99. The van der Waals surface area contributed by atoms with Crippen molar-refractivity contribution in [2.24, 2.45) is 0 Å². The van der Waals surface area contributed by atoms with Gasteiger partial charge in [0, 0.05) is 0 Å². The highest BCUT2D eigenvalue weighted by atomic mass is 14.6. The average Bonchev–Trinajstić information content (AvgIpc) is 1.90. The van der Waals surface area contributed by atoms with Crippen LogP contribution in [0, 0.1) is 0 Å². The van der Waals surface area contributed by atoms with E-state index < -0.39 is 0 Å². The summed E-state index contributed by atoms with van der Waals surface area (Å²) >= 11 is 0. The molecule has 0 amide bonds. The fourth-order valence-electron chi connectivity index (χ4n) is 0.732. The van der Waals surface area contributed by atoms with Crippen molar-refractivity contribution in [3.8, 4) is 0 Å². The first-order valence-electron chi connectivity index (χ1n) is 3.03. The molecule has 0 aliphatic rings. The molecule has 46 valence electrons. The van der Waals surface area contributed by atoms with Gasteiger partial charge in [-0.15, -0.1) is 5.73 Å². The van der Waals surface area contributed by atoms with Crippen molar-refractivity contribution < 1.29 is 0 Å². The number of benzene rings is 1. The van der Waals surface area contributed by atoms with E-state index in [1.807, 2.05) is 30.3 Å². The number of hydrogen-bond donors (Lipinski definition) is 0. The zero-order chi connectivity index (χ0) is 6.69. The summed E-state index contributed by atoms with van der Waals surface area (Å²) in [5.41, 5.74) is 9.99. The molecule has 1 atom stereocenters. The molecular formula is C8H9N. The van der Waals surface area contributed by atoms with Crippen LogP contribution in [-0.4, -0.2) is 0 Å². The van der Waals surface area contributed by atoms with Gasteiger partial charge in [0.2, 0.25) is 0 Å². The van der Waals surface area contributed by atoms with Crippen LogP contribution in [0.2, 0.25) is 0 Å². The van der Waals surface area contributed by atoms with E-state index in [1.165, 1.54) is 0 Å². The molecule has 0 spiro atoms. The number of rotatable bonds is 1. The van der Waals surface area contributed by atoms with E-state index in [0.29, 0.717) is 0 Å². The van der Waals surface area contributed by atoms with E-state index in [-0.39, 0.29) is 6.04 Å². The highest BCUT2D eigenvalue weighted by Gasteiger charge is 1.96. The number of nitrogens with zero attached hydrogens (tertiary/aromatic N) is 1. The van der Waals surface area contributed by atoms with Crippen LogP contribution >= 0.6 is 0 Å². The predicted molar refractivity (Wildman–Crippen MR) is 37.0 cm³/mol. The molecule has 0 unspecified atom stereocenters.